The van der Waals surface area contributed by atoms with E-state index in [1.165, 1.54) is 0 Å². The van der Waals surface area contributed by atoms with E-state index in [0.717, 1.165) is 9.75 Å². The standard InChI is InChI=1S/C11H10N2OS2/c1-8-5-9(7-16-8)11(14)13-12-6-10-3-2-4-15-10/h2-7H,1H3,(H,13,14)/b12-6-. The second kappa shape index (κ2) is 5.05. The fourth-order valence-electron chi connectivity index (χ4n) is 1.15. The van der Waals surface area contributed by atoms with E-state index < -0.39 is 0 Å². The highest BCUT2D eigenvalue weighted by Crippen LogP contribution is 2.12. The average Bonchev–Trinajstić information content (AvgIpc) is 2.89. The van der Waals surface area contributed by atoms with Crippen molar-refractivity contribution < 1.29 is 4.79 Å². The fourth-order valence-corrected chi connectivity index (χ4v) is 2.41. The number of hydrazone groups is 1. The van der Waals surface area contributed by atoms with Crippen LogP contribution in [-0.4, -0.2) is 12.1 Å². The van der Waals surface area contributed by atoms with Crippen LogP contribution in [0.4, 0.5) is 0 Å². The molecule has 0 atom stereocenters. The van der Waals surface area contributed by atoms with Crippen LogP contribution in [0.3, 0.4) is 0 Å². The zero-order valence-electron chi connectivity index (χ0n) is 8.64. The van der Waals surface area contributed by atoms with E-state index in [4.69, 9.17) is 0 Å². The number of aryl methyl sites for hydroxylation is 1. The Morgan fingerprint density at radius 2 is 2.38 bits per heavy atom. The molecule has 1 amide bonds. The highest BCUT2D eigenvalue weighted by Gasteiger charge is 2.05. The first-order valence-corrected chi connectivity index (χ1v) is 6.43. The number of thiophene rings is 2. The Morgan fingerprint density at radius 1 is 1.50 bits per heavy atom. The summed E-state index contributed by atoms with van der Waals surface area (Å²) in [5, 5.41) is 7.68. The van der Waals surface area contributed by atoms with Crippen LogP contribution < -0.4 is 5.43 Å². The zero-order chi connectivity index (χ0) is 11.4. The van der Waals surface area contributed by atoms with Crippen LogP contribution in [-0.2, 0) is 0 Å². The van der Waals surface area contributed by atoms with Gasteiger partial charge < -0.3 is 0 Å². The van der Waals surface area contributed by atoms with Crippen LogP contribution in [0.15, 0.2) is 34.1 Å². The first kappa shape index (κ1) is 11.0. The van der Waals surface area contributed by atoms with Crippen LogP contribution in [0.2, 0.25) is 0 Å². The normalized spacial score (nSPS) is 10.8. The third-order valence-corrected chi connectivity index (χ3v) is 3.56. The Bertz CT molecular complexity index is 500. The average molecular weight is 250 g/mol. The molecule has 2 aromatic rings. The predicted molar refractivity (Wildman–Crippen MR) is 68.4 cm³/mol. The summed E-state index contributed by atoms with van der Waals surface area (Å²) in [6.07, 6.45) is 1.64. The quantitative estimate of drug-likeness (QED) is 0.660. The lowest BCUT2D eigenvalue weighted by Crippen LogP contribution is -2.16. The lowest BCUT2D eigenvalue weighted by Gasteiger charge is -1.94. The van der Waals surface area contributed by atoms with Crippen molar-refractivity contribution in [1.29, 1.82) is 0 Å². The van der Waals surface area contributed by atoms with E-state index >= 15 is 0 Å². The highest BCUT2D eigenvalue weighted by atomic mass is 32.1. The summed E-state index contributed by atoms with van der Waals surface area (Å²) in [6.45, 7) is 1.97. The number of amides is 1. The van der Waals surface area contributed by atoms with Crippen LogP contribution >= 0.6 is 22.7 Å². The maximum Gasteiger partial charge on any atom is 0.272 e. The number of hydrogen-bond acceptors (Lipinski definition) is 4. The molecule has 16 heavy (non-hydrogen) atoms. The number of rotatable bonds is 3. The first-order chi connectivity index (χ1) is 7.75. The Balaban J connectivity index is 1.94. The molecule has 0 aromatic carbocycles. The first-order valence-electron chi connectivity index (χ1n) is 4.68. The van der Waals surface area contributed by atoms with Crippen molar-refractivity contribution in [3.63, 3.8) is 0 Å². The largest absolute Gasteiger partial charge is 0.272 e. The molecule has 0 aliphatic carbocycles. The van der Waals surface area contributed by atoms with Gasteiger partial charge in [0.15, 0.2) is 0 Å². The lowest BCUT2D eigenvalue weighted by molar-refractivity contribution is 0.0955. The summed E-state index contributed by atoms with van der Waals surface area (Å²) in [4.78, 5) is 13.7. The zero-order valence-corrected chi connectivity index (χ0v) is 10.3. The van der Waals surface area contributed by atoms with Crippen LogP contribution in [0.25, 0.3) is 0 Å². The minimum absolute atomic E-state index is 0.169. The van der Waals surface area contributed by atoms with Gasteiger partial charge in [-0.2, -0.15) is 5.10 Å². The molecule has 0 spiro atoms. The molecule has 0 aliphatic rings. The van der Waals surface area contributed by atoms with E-state index in [2.05, 4.69) is 10.5 Å². The molecule has 0 saturated carbocycles. The van der Waals surface area contributed by atoms with Gasteiger partial charge >= 0.3 is 0 Å². The van der Waals surface area contributed by atoms with Crippen molar-refractivity contribution in [2.75, 3.05) is 0 Å². The van der Waals surface area contributed by atoms with Crippen LogP contribution in [0.5, 0.6) is 0 Å². The van der Waals surface area contributed by atoms with Crippen molar-refractivity contribution in [3.8, 4) is 0 Å². The van der Waals surface area contributed by atoms with Gasteiger partial charge in [0, 0.05) is 15.1 Å². The molecular formula is C11H10N2OS2. The summed E-state index contributed by atoms with van der Waals surface area (Å²) in [7, 11) is 0. The third kappa shape index (κ3) is 2.77. The van der Waals surface area contributed by atoms with Crippen molar-refractivity contribution in [2.45, 2.75) is 6.92 Å². The maximum absolute atomic E-state index is 11.6. The number of carbonyl (C=O) groups excluding carboxylic acids is 1. The van der Waals surface area contributed by atoms with E-state index in [1.807, 2.05) is 35.9 Å². The van der Waals surface area contributed by atoms with E-state index in [0.29, 0.717) is 5.56 Å². The van der Waals surface area contributed by atoms with E-state index in [9.17, 15) is 4.79 Å². The Labute approximate surface area is 101 Å². The maximum atomic E-state index is 11.6. The number of nitrogens with one attached hydrogen (secondary N) is 1. The number of hydrogen-bond donors (Lipinski definition) is 1. The van der Waals surface area contributed by atoms with Crippen LogP contribution in [0.1, 0.15) is 20.1 Å². The van der Waals surface area contributed by atoms with Gasteiger partial charge in [-0.05, 0) is 24.4 Å². The summed E-state index contributed by atoms with van der Waals surface area (Å²) >= 11 is 3.13. The summed E-state index contributed by atoms with van der Waals surface area (Å²) in [5.74, 6) is -0.169. The summed E-state index contributed by atoms with van der Waals surface area (Å²) < 4.78 is 0. The summed E-state index contributed by atoms with van der Waals surface area (Å²) in [5.41, 5.74) is 3.15. The Kier molecular flexibility index (Phi) is 3.48. The van der Waals surface area contributed by atoms with Crippen molar-refractivity contribution in [1.82, 2.24) is 5.43 Å². The molecule has 0 unspecified atom stereocenters. The number of carbonyl (C=O) groups is 1. The predicted octanol–water partition coefficient (Wildman–Crippen LogP) is 2.88. The second-order valence-electron chi connectivity index (χ2n) is 3.16. The Morgan fingerprint density at radius 3 is 3.00 bits per heavy atom. The molecule has 0 aliphatic heterocycles. The molecular weight excluding hydrogens is 240 g/mol. The molecule has 2 aromatic heterocycles. The fraction of sp³-hybridized carbons (Fsp3) is 0.0909. The van der Waals surface area contributed by atoms with Crippen LogP contribution in [0, 0.1) is 6.92 Å². The molecule has 2 rings (SSSR count). The number of nitrogens with zero attached hydrogens (tertiary/aromatic N) is 1. The molecule has 5 heteroatoms. The topological polar surface area (TPSA) is 41.5 Å². The molecule has 82 valence electrons. The second-order valence-corrected chi connectivity index (χ2v) is 5.26. The van der Waals surface area contributed by atoms with Gasteiger partial charge in [0.05, 0.1) is 11.8 Å². The van der Waals surface area contributed by atoms with Gasteiger partial charge in [0.2, 0.25) is 0 Å². The molecule has 0 radical (unpaired) electrons. The third-order valence-electron chi connectivity index (χ3n) is 1.89. The van der Waals surface area contributed by atoms with Gasteiger partial charge in [-0.3, -0.25) is 4.79 Å². The smallest absolute Gasteiger partial charge is 0.267 e. The highest BCUT2D eigenvalue weighted by molar-refractivity contribution is 7.11. The van der Waals surface area contributed by atoms with E-state index in [1.54, 1.807) is 28.9 Å². The van der Waals surface area contributed by atoms with E-state index in [-0.39, 0.29) is 5.91 Å². The minimum Gasteiger partial charge on any atom is -0.267 e. The molecule has 2 heterocycles. The van der Waals surface area contributed by atoms with Gasteiger partial charge in [0.25, 0.3) is 5.91 Å². The van der Waals surface area contributed by atoms with Crippen molar-refractivity contribution in [3.05, 3.63) is 44.3 Å². The SMILES string of the molecule is Cc1cc(C(=O)N/N=C\c2cccs2)cs1. The minimum atomic E-state index is -0.169. The molecule has 3 nitrogen and oxygen atoms in total. The van der Waals surface area contributed by atoms with Gasteiger partial charge in [-0.1, -0.05) is 6.07 Å². The molecule has 0 bridgehead atoms. The summed E-state index contributed by atoms with van der Waals surface area (Å²) in [6, 6.07) is 5.73. The van der Waals surface area contributed by atoms with Crippen molar-refractivity contribution >= 4 is 34.8 Å². The molecule has 0 saturated heterocycles. The molecule has 0 fully saturated rings. The van der Waals surface area contributed by atoms with Crippen molar-refractivity contribution in [2.24, 2.45) is 5.10 Å². The molecule has 1 N–H and O–H groups in total. The van der Waals surface area contributed by atoms with Gasteiger partial charge in [0.1, 0.15) is 0 Å². The van der Waals surface area contributed by atoms with Gasteiger partial charge in [-0.15, -0.1) is 22.7 Å². The Hall–Kier alpha value is -1.46. The lowest BCUT2D eigenvalue weighted by atomic mass is 10.3. The monoisotopic (exact) mass is 250 g/mol. The van der Waals surface area contributed by atoms with Gasteiger partial charge in [-0.25, -0.2) is 5.43 Å².